The van der Waals surface area contributed by atoms with Crippen molar-refractivity contribution in [1.29, 1.82) is 0 Å². The fourth-order valence-electron chi connectivity index (χ4n) is 2.66. The molecule has 0 radical (unpaired) electrons. The average molecular weight is 273 g/mol. The van der Waals surface area contributed by atoms with Gasteiger partial charge in [0.15, 0.2) is 0 Å². The molecule has 0 unspecified atom stereocenters. The van der Waals surface area contributed by atoms with E-state index in [1.54, 1.807) is 6.26 Å². The predicted octanol–water partition coefficient (Wildman–Crippen LogP) is 1.94. The average Bonchev–Trinajstić information content (AvgIpc) is 3.17. The molecule has 20 heavy (non-hydrogen) atoms. The molecular weight excluding hydrogens is 254 g/mol. The normalized spacial score (nSPS) is 16.2. The summed E-state index contributed by atoms with van der Waals surface area (Å²) >= 11 is 0. The first-order valence-corrected chi connectivity index (χ1v) is 7.03. The molecule has 1 aliphatic heterocycles. The second-order valence-electron chi connectivity index (χ2n) is 5.04. The van der Waals surface area contributed by atoms with Gasteiger partial charge < -0.3 is 19.6 Å². The fourth-order valence-corrected chi connectivity index (χ4v) is 2.66. The Morgan fingerprint density at radius 2 is 2.20 bits per heavy atom. The van der Waals surface area contributed by atoms with E-state index in [0.29, 0.717) is 12.6 Å². The number of hydrogen-bond donors (Lipinski definition) is 2. The third-order valence-corrected chi connectivity index (χ3v) is 3.72. The maximum atomic E-state index is 12.3. The monoisotopic (exact) mass is 273 g/mol. The lowest BCUT2D eigenvalue weighted by molar-refractivity contribution is 0.0935. The molecule has 0 aliphatic carbocycles. The summed E-state index contributed by atoms with van der Waals surface area (Å²) in [5, 5.41) is 6.24. The van der Waals surface area contributed by atoms with Crippen LogP contribution in [-0.4, -0.2) is 23.6 Å². The number of amides is 1. The molecule has 5 heteroatoms. The molecule has 5 nitrogen and oxygen atoms in total. The maximum Gasteiger partial charge on any atom is 0.268 e. The van der Waals surface area contributed by atoms with Gasteiger partial charge in [-0.1, -0.05) is 0 Å². The van der Waals surface area contributed by atoms with Crippen molar-refractivity contribution >= 4 is 5.91 Å². The van der Waals surface area contributed by atoms with Crippen molar-refractivity contribution in [1.82, 2.24) is 15.2 Å². The standard InChI is InChI=1S/C15H19N3O2/c19-15(17-11-13-3-2-10-20-13)14-4-1-9-18(14)12-5-7-16-8-6-12/h1-4,9-10,12,16H,5-8,11H2,(H,17,19). The van der Waals surface area contributed by atoms with E-state index in [1.165, 1.54) is 0 Å². The third-order valence-electron chi connectivity index (χ3n) is 3.72. The van der Waals surface area contributed by atoms with Gasteiger partial charge >= 0.3 is 0 Å². The summed E-state index contributed by atoms with van der Waals surface area (Å²) in [5.41, 5.74) is 0.725. The zero-order valence-electron chi connectivity index (χ0n) is 11.3. The van der Waals surface area contributed by atoms with Crippen LogP contribution in [0.25, 0.3) is 0 Å². The predicted molar refractivity (Wildman–Crippen MR) is 75.5 cm³/mol. The number of hydrogen-bond acceptors (Lipinski definition) is 3. The summed E-state index contributed by atoms with van der Waals surface area (Å²) in [6, 6.07) is 7.89. The van der Waals surface area contributed by atoms with Crippen LogP contribution in [0.4, 0.5) is 0 Å². The van der Waals surface area contributed by atoms with E-state index in [0.717, 1.165) is 37.4 Å². The molecular formula is C15H19N3O2. The second kappa shape index (κ2) is 5.96. The summed E-state index contributed by atoms with van der Waals surface area (Å²) < 4.78 is 7.31. The second-order valence-corrected chi connectivity index (χ2v) is 5.04. The Labute approximate surface area is 118 Å². The first-order chi connectivity index (χ1) is 9.84. The van der Waals surface area contributed by atoms with Crippen LogP contribution in [0, 0.1) is 0 Å². The number of nitrogens with zero attached hydrogens (tertiary/aromatic N) is 1. The Hall–Kier alpha value is -2.01. The number of carbonyl (C=O) groups is 1. The number of furan rings is 1. The highest BCUT2D eigenvalue weighted by atomic mass is 16.3. The summed E-state index contributed by atoms with van der Waals surface area (Å²) in [5.74, 6) is 0.711. The SMILES string of the molecule is O=C(NCc1ccco1)c1cccn1C1CCNCC1. The summed E-state index contributed by atoms with van der Waals surface area (Å²) in [6.07, 6.45) is 5.73. The van der Waals surface area contributed by atoms with Crippen LogP contribution in [0.1, 0.15) is 35.1 Å². The van der Waals surface area contributed by atoms with Gasteiger partial charge in [-0.2, -0.15) is 0 Å². The number of nitrogens with one attached hydrogen (secondary N) is 2. The van der Waals surface area contributed by atoms with Gasteiger partial charge in [-0.25, -0.2) is 0 Å². The zero-order valence-corrected chi connectivity index (χ0v) is 11.3. The van der Waals surface area contributed by atoms with Crippen molar-refractivity contribution in [3.63, 3.8) is 0 Å². The van der Waals surface area contributed by atoms with Gasteiger partial charge in [-0.15, -0.1) is 0 Å². The lowest BCUT2D eigenvalue weighted by Crippen LogP contribution is -2.32. The van der Waals surface area contributed by atoms with Crippen molar-refractivity contribution in [3.8, 4) is 0 Å². The number of aromatic nitrogens is 1. The van der Waals surface area contributed by atoms with Gasteiger partial charge in [-0.3, -0.25) is 4.79 Å². The first kappa shape index (κ1) is 13.0. The van der Waals surface area contributed by atoms with E-state index in [1.807, 2.05) is 30.5 Å². The molecule has 0 saturated carbocycles. The van der Waals surface area contributed by atoms with E-state index in [-0.39, 0.29) is 5.91 Å². The molecule has 3 rings (SSSR count). The van der Waals surface area contributed by atoms with Crippen molar-refractivity contribution in [2.75, 3.05) is 13.1 Å². The quantitative estimate of drug-likeness (QED) is 0.895. The molecule has 3 heterocycles. The Morgan fingerprint density at radius 1 is 1.35 bits per heavy atom. The molecule has 0 bridgehead atoms. The van der Waals surface area contributed by atoms with Crippen molar-refractivity contribution in [3.05, 3.63) is 48.2 Å². The number of rotatable bonds is 4. The van der Waals surface area contributed by atoms with Crippen molar-refractivity contribution in [2.24, 2.45) is 0 Å². The molecule has 2 aromatic rings. The summed E-state index contributed by atoms with van der Waals surface area (Å²) in [7, 11) is 0. The molecule has 0 atom stereocenters. The van der Waals surface area contributed by atoms with Crippen LogP contribution in [0.15, 0.2) is 41.1 Å². The van der Waals surface area contributed by atoms with E-state index in [4.69, 9.17) is 4.42 Å². The van der Waals surface area contributed by atoms with Crippen LogP contribution < -0.4 is 10.6 Å². The van der Waals surface area contributed by atoms with Gasteiger partial charge in [-0.05, 0) is 50.2 Å². The fraction of sp³-hybridized carbons (Fsp3) is 0.400. The number of piperidine rings is 1. The number of carbonyl (C=O) groups excluding carboxylic acids is 1. The molecule has 0 aromatic carbocycles. The lowest BCUT2D eigenvalue weighted by Gasteiger charge is -2.25. The van der Waals surface area contributed by atoms with Gasteiger partial charge in [0, 0.05) is 12.2 Å². The Bertz CT molecular complexity index is 553. The Morgan fingerprint density at radius 3 is 2.95 bits per heavy atom. The van der Waals surface area contributed by atoms with Gasteiger partial charge in [0.25, 0.3) is 5.91 Å². The maximum absolute atomic E-state index is 12.3. The van der Waals surface area contributed by atoms with Crippen LogP contribution in [-0.2, 0) is 6.54 Å². The highest BCUT2D eigenvalue weighted by Crippen LogP contribution is 2.21. The largest absolute Gasteiger partial charge is 0.467 e. The molecule has 2 N–H and O–H groups in total. The van der Waals surface area contributed by atoms with E-state index < -0.39 is 0 Å². The van der Waals surface area contributed by atoms with Gasteiger partial charge in [0.2, 0.25) is 0 Å². The highest BCUT2D eigenvalue weighted by molar-refractivity contribution is 5.92. The van der Waals surface area contributed by atoms with Crippen LogP contribution in [0.2, 0.25) is 0 Å². The van der Waals surface area contributed by atoms with E-state index in [9.17, 15) is 4.79 Å². The van der Waals surface area contributed by atoms with E-state index >= 15 is 0 Å². The van der Waals surface area contributed by atoms with E-state index in [2.05, 4.69) is 15.2 Å². The molecule has 1 aliphatic rings. The molecule has 1 amide bonds. The smallest absolute Gasteiger partial charge is 0.268 e. The summed E-state index contributed by atoms with van der Waals surface area (Å²) in [6.45, 7) is 2.44. The van der Waals surface area contributed by atoms with Crippen molar-refractivity contribution in [2.45, 2.75) is 25.4 Å². The Kier molecular flexibility index (Phi) is 3.87. The minimum absolute atomic E-state index is 0.0510. The topological polar surface area (TPSA) is 59.2 Å². The summed E-state index contributed by atoms with van der Waals surface area (Å²) in [4.78, 5) is 12.3. The van der Waals surface area contributed by atoms with Crippen molar-refractivity contribution < 1.29 is 9.21 Å². The molecule has 0 spiro atoms. The van der Waals surface area contributed by atoms with Crippen LogP contribution in [0.5, 0.6) is 0 Å². The third kappa shape index (κ3) is 2.77. The Balaban J connectivity index is 1.67. The van der Waals surface area contributed by atoms with Crippen LogP contribution in [0.3, 0.4) is 0 Å². The molecule has 1 fully saturated rings. The molecule has 2 aromatic heterocycles. The minimum atomic E-state index is -0.0510. The molecule has 106 valence electrons. The molecule has 1 saturated heterocycles. The minimum Gasteiger partial charge on any atom is -0.467 e. The van der Waals surface area contributed by atoms with Gasteiger partial charge in [0.05, 0.1) is 12.8 Å². The highest BCUT2D eigenvalue weighted by Gasteiger charge is 2.19. The zero-order chi connectivity index (χ0) is 13.8. The lowest BCUT2D eigenvalue weighted by atomic mass is 10.1. The first-order valence-electron chi connectivity index (χ1n) is 7.03. The van der Waals surface area contributed by atoms with Gasteiger partial charge in [0.1, 0.15) is 11.5 Å². The van der Waals surface area contributed by atoms with Crippen LogP contribution >= 0.6 is 0 Å².